The minimum atomic E-state index is -1.98. The predicted molar refractivity (Wildman–Crippen MR) is 411 cm³/mol. The van der Waals surface area contributed by atoms with E-state index < -0.39 is 124 Å². The average Bonchev–Trinajstić information content (AvgIpc) is 0.781. The molecule has 19 nitrogen and oxygen atoms in total. The largest absolute Gasteiger partial charge is 0.394 e. The summed E-state index contributed by atoms with van der Waals surface area (Å²) in [6.45, 7) is 1.79. The first-order chi connectivity index (χ1) is 50.3. The van der Waals surface area contributed by atoms with E-state index in [0.717, 1.165) is 38.5 Å². The van der Waals surface area contributed by atoms with Crippen molar-refractivity contribution in [2.75, 3.05) is 26.4 Å². The van der Waals surface area contributed by atoms with Gasteiger partial charge in [-0.3, -0.25) is 4.79 Å². The van der Waals surface area contributed by atoms with Crippen molar-refractivity contribution in [2.45, 2.75) is 478 Å². The Morgan fingerprint density at radius 2 is 0.621 bits per heavy atom. The molecule has 0 bridgehead atoms. The van der Waals surface area contributed by atoms with Crippen LogP contribution in [-0.4, -0.2) is 193 Å². The highest BCUT2D eigenvalue weighted by atomic mass is 16.8. The Hall–Kier alpha value is -1.73. The number of unbranched alkanes of at least 4 members (excludes halogenated alkanes) is 52. The summed E-state index contributed by atoms with van der Waals surface area (Å²) in [7, 11) is 0. The van der Waals surface area contributed by atoms with Crippen LogP contribution in [0.2, 0.25) is 0 Å². The zero-order valence-corrected chi connectivity index (χ0v) is 65.3. The van der Waals surface area contributed by atoms with Gasteiger partial charge < -0.3 is 89.9 Å². The summed E-state index contributed by atoms with van der Waals surface area (Å²) in [6.07, 6.45) is 53.3. The van der Waals surface area contributed by atoms with Crippen LogP contribution in [-0.2, 0) is 33.2 Å². The van der Waals surface area contributed by atoms with Crippen molar-refractivity contribution in [2.24, 2.45) is 0 Å². The lowest BCUT2D eigenvalue weighted by molar-refractivity contribution is -0.379. The molecule has 17 atom stereocenters. The van der Waals surface area contributed by atoms with Crippen LogP contribution >= 0.6 is 0 Å². The van der Waals surface area contributed by atoms with Crippen molar-refractivity contribution in [3.63, 3.8) is 0 Å². The third-order valence-electron chi connectivity index (χ3n) is 21.8. The summed E-state index contributed by atoms with van der Waals surface area (Å²) in [5.74, 6) is -0.276. The highest BCUT2D eigenvalue weighted by molar-refractivity contribution is 5.76. The maximum Gasteiger partial charge on any atom is 0.220 e. The number of allylic oxidation sites excluding steroid dienone is 3. The second kappa shape index (κ2) is 65.0. The topological polar surface area (TPSA) is 307 Å². The Bertz CT molecular complexity index is 1950. The van der Waals surface area contributed by atoms with E-state index >= 15 is 0 Å². The number of aliphatic hydroxyl groups is 11. The quantitative estimate of drug-likeness (QED) is 0.0199. The van der Waals surface area contributed by atoms with Crippen LogP contribution in [0.25, 0.3) is 0 Å². The zero-order chi connectivity index (χ0) is 74.6. The van der Waals surface area contributed by atoms with Gasteiger partial charge in [0.2, 0.25) is 5.91 Å². The molecule has 0 aromatic rings. The lowest BCUT2D eigenvalue weighted by Crippen LogP contribution is -2.66. The summed E-state index contributed by atoms with van der Waals surface area (Å²) in [5.41, 5.74) is 0. The third kappa shape index (κ3) is 44.6. The predicted octanol–water partition coefficient (Wildman–Crippen LogP) is 15.3. The summed E-state index contributed by atoms with van der Waals surface area (Å²) in [5, 5.41) is 121. The fourth-order valence-electron chi connectivity index (χ4n) is 14.9. The average molecular weight is 1470 g/mol. The Morgan fingerprint density at radius 3 is 0.971 bits per heavy atom. The molecule has 103 heavy (non-hydrogen) atoms. The molecule has 0 saturated carbocycles. The van der Waals surface area contributed by atoms with Gasteiger partial charge >= 0.3 is 0 Å². The van der Waals surface area contributed by atoms with Crippen molar-refractivity contribution < 1.29 is 89.4 Å². The van der Waals surface area contributed by atoms with Crippen LogP contribution < -0.4 is 5.32 Å². The van der Waals surface area contributed by atoms with Crippen LogP contribution in [0.3, 0.4) is 0 Å². The van der Waals surface area contributed by atoms with Crippen LogP contribution in [0.1, 0.15) is 373 Å². The van der Waals surface area contributed by atoms with E-state index in [2.05, 4.69) is 31.3 Å². The molecule has 3 rings (SSSR count). The van der Waals surface area contributed by atoms with Gasteiger partial charge in [-0.05, 0) is 32.1 Å². The van der Waals surface area contributed by atoms with E-state index in [0.29, 0.717) is 12.8 Å². The zero-order valence-electron chi connectivity index (χ0n) is 65.3. The molecule has 3 aliphatic heterocycles. The van der Waals surface area contributed by atoms with E-state index in [4.69, 9.17) is 28.4 Å². The van der Waals surface area contributed by atoms with E-state index in [1.54, 1.807) is 6.08 Å². The summed E-state index contributed by atoms with van der Waals surface area (Å²) >= 11 is 0. The Morgan fingerprint density at radius 1 is 0.340 bits per heavy atom. The van der Waals surface area contributed by atoms with Gasteiger partial charge in [0.25, 0.3) is 0 Å². The lowest BCUT2D eigenvalue weighted by atomic mass is 9.96. The molecule has 0 aliphatic carbocycles. The number of carbonyl (C=O) groups is 1. The van der Waals surface area contributed by atoms with Gasteiger partial charge in [0.05, 0.1) is 38.6 Å². The Balaban J connectivity index is 1.36. The first-order valence-electron chi connectivity index (χ1n) is 43.1. The molecule has 3 fully saturated rings. The third-order valence-corrected chi connectivity index (χ3v) is 21.8. The molecule has 0 spiro atoms. The Kier molecular flexibility index (Phi) is 60.3. The van der Waals surface area contributed by atoms with Gasteiger partial charge in [0.15, 0.2) is 18.9 Å². The minimum Gasteiger partial charge on any atom is -0.394 e. The van der Waals surface area contributed by atoms with Crippen LogP contribution in [0.15, 0.2) is 24.3 Å². The number of ether oxygens (including phenoxy) is 6. The number of nitrogens with one attached hydrogen (secondary N) is 1. The first-order valence-corrected chi connectivity index (χ1v) is 43.1. The number of rotatable bonds is 70. The fourth-order valence-corrected chi connectivity index (χ4v) is 14.9. The first kappa shape index (κ1) is 95.5. The smallest absolute Gasteiger partial charge is 0.220 e. The minimum absolute atomic E-state index is 0.241. The van der Waals surface area contributed by atoms with Crippen molar-refractivity contribution >= 4 is 5.91 Å². The van der Waals surface area contributed by atoms with Crippen molar-refractivity contribution in [3.05, 3.63) is 24.3 Å². The second-order valence-electron chi connectivity index (χ2n) is 31.0. The number of aliphatic hydroxyl groups excluding tert-OH is 11. The van der Waals surface area contributed by atoms with E-state index in [1.165, 1.54) is 302 Å². The van der Waals surface area contributed by atoms with E-state index in [-0.39, 0.29) is 18.9 Å². The van der Waals surface area contributed by atoms with Crippen LogP contribution in [0.5, 0.6) is 0 Å². The molecule has 1 amide bonds. The summed E-state index contributed by atoms with van der Waals surface area (Å²) in [6, 6.07) is -0.989. The monoisotopic (exact) mass is 1470 g/mol. The molecule has 3 aliphatic rings. The normalized spacial score (nSPS) is 26.1. The number of hydrogen-bond donors (Lipinski definition) is 12. The molecule has 0 aromatic heterocycles. The Labute approximate surface area is 626 Å². The van der Waals surface area contributed by atoms with Crippen molar-refractivity contribution in [3.8, 4) is 0 Å². The van der Waals surface area contributed by atoms with Gasteiger partial charge in [-0.25, -0.2) is 0 Å². The molecule has 19 heteroatoms. The second-order valence-corrected chi connectivity index (χ2v) is 31.0. The molecule has 17 unspecified atom stereocenters. The van der Waals surface area contributed by atoms with Crippen molar-refractivity contribution in [1.29, 1.82) is 0 Å². The maximum absolute atomic E-state index is 13.5. The van der Waals surface area contributed by atoms with Gasteiger partial charge in [-0.2, -0.15) is 0 Å². The van der Waals surface area contributed by atoms with Crippen molar-refractivity contribution in [1.82, 2.24) is 5.32 Å². The van der Waals surface area contributed by atoms with Gasteiger partial charge in [-0.15, -0.1) is 0 Å². The number of amides is 1. The molecule has 0 aromatic carbocycles. The van der Waals surface area contributed by atoms with Gasteiger partial charge in [-0.1, -0.05) is 359 Å². The molecule has 0 radical (unpaired) electrons. The summed E-state index contributed by atoms with van der Waals surface area (Å²) in [4.78, 5) is 13.5. The van der Waals surface area contributed by atoms with Gasteiger partial charge in [0, 0.05) is 6.42 Å². The van der Waals surface area contributed by atoms with E-state index in [1.807, 2.05) is 6.08 Å². The molecule has 608 valence electrons. The van der Waals surface area contributed by atoms with Crippen LogP contribution in [0.4, 0.5) is 0 Å². The SMILES string of the molecule is CCCCCCCCCCCCCCCCCCCCCCCCC/C=C/CC/C=C/C(O)C(COC1OC(CO)C(OC2OC(CO)C(OC3OC(CO)C(O)C(O)C3O)C(O)C2O)C(O)C1O)NC(=O)CCCCCCCCCCCCCCCCCCCCCCCCCCCCCCC. The van der Waals surface area contributed by atoms with E-state index in [9.17, 15) is 61.0 Å². The van der Waals surface area contributed by atoms with Crippen LogP contribution in [0, 0.1) is 0 Å². The molecular weight excluding hydrogens is 1310 g/mol. The lowest BCUT2D eigenvalue weighted by Gasteiger charge is -2.48. The highest BCUT2D eigenvalue weighted by Crippen LogP contribution is 2.33. The number of carbonyl (C=O) groups excluding carboxylic acids is 1. The van der Waals surface area contributed by atoms with Gasteiger partial charge in [0.1, 0.15) is 73.2 Å². The standard InChI is InChI=1S/C84H159NO18/c1-3-5-7-9-11-13-15-17-19-21-23-25-27-29-31-33-35-37-39-41-43-45-47-49-51-53-55-57-59-61-68(89)67(85-72(90)62-60-58-56-54-52-50-48-46-44-42-40-38-36-34-32-30-28-26-24-22-20-18-16-14-12-10-8-6-4-2)66-98-82-78(96)75(93)80(70(64-87)100-82)103-84-79(97)76(94)81(71(65-88)101-84)102-83-77(95)74(92)73(91)69(63-86)99-83/h51,53,59,61,67-71,73-84,86-89,91-97H,3-50,52,54-58,60,62-66H2,1-2H3,(H,85,90)/b53-51+,61-59+. The molecular formula is C84H159NO18. The number of hydrogen-bond acceptors (Lipinski definition) is 18. The molecule has 3 heterocycles. The fraction of sp³-hybridized carbons (Fsp3) is 0.940. The summed E-state index contributed by atoms with van der Waals surface area (Å²) < 4.78 is 34.5. The highest BCUT2D eigenvalue weighted by Gasteiger charge is 2.54. The molecule has 12 N–H and O–H groups in total. The maximum atomic E-state index is 13.5. The molecule has 3 saturated heterocycles.